The third kappa shape index (κ3) is 6.19. The number of unbranched alkanes of at least 4 members (excludes halogenated alkanes) is 1. The van der Waals surface area contributed by atoms with E-state index in [1.54, 1.807) is 21.3 Å². The lowest BCUT2D eigenvalue weighted by molar-refractivity contribution is 0.288. The van der Waals surface area contributed by atoms with Crippen LogP contribution in [0.4, 0.5) is 0 Å². The number of benzene rings is 2. The predicted molar refractivity (Wildman–Crippen MR) is 114 cm³/mol. The summed E-state index contributed by atoms with van der Waals surface area (Å²) in [6.07, 6.45) is 4.82. The molecule has 0 heterocycles. The van der Waals surface area contributed by atoms with Crippen LogP contribution in [0, 0.1) is 0 Å². The second kappa shape index (κ2) is 11.2. The number of hydrogen-bond acceptors (Lipinski definition) is 5. The maximum atomic E-state index is 5.78. The molecule has 28 heavy (non-hydrogen) atoms. The van der Waals surface area contributed by atoms with Crippen LogP contribution in [0.1, 0.15) is 37.8 Å². The van der Waals surface area contributed by atoms with Gasteiger partial charge in [0, 0.05) is 6.21 Å². The highest BCUT2D eigenvalue weighted by molar-refractivity contribution is 5.81. The Labute approximate surface area is 168 Å². The van der Waals surface area contributed by atoms with E-state index < -0.39 is 0 Å². The summed E-state index contributed by atoms with van der Waals surface area (Å²) in [5.74, 6) is 2.97. The lowest BCUT2D eigenvalue weighted by atomic mass is 10.1. The van der Waals surface area contributed by atoms with E-state index in [2.05, 4.69) is 18.8 Å². The van der Waals surface area contributed by atoms with Crippen LogP contribution in [-0.4, -0.2) is 40.2 Å². The third-order valence-corrected chi connectivity index (χ3v) is 4.40. The highest BCUT2D eigenvalue weighted by Crippen LogP contribution is 2.29. The Kier molecular flexibility index (Phi) is 8.66. The van der Waals surface area contributed by atoms with Crippen molar-refractivity contribution in [1.82, 2.24) is 0 Å². The van der Waals surface area contributed by atoms with Gasteiger partial charge in [-0.3, -0.25) is 4.99 Å². The molecule has 0 N–H and O–H groups in total. The van der Waals surface area contributed by atoms with Crippen molar-refractivity contribution < 1.29 is 18.9 Å². The second-order valence-electron chi connectivity index (χ2n) is 6.63. The first-order chi connectivity index (χ1) is 13.6. The maximum Gasteiger partial charge on any atom is 0.161 e. The molecule has 0 radical (unpaired) electrons. The van der Waals surface area contributed by atoms with Crippen molar-refractivity contribution in [3.8, 4) is 23.0 Å². The van der Waals surface area contributed by atoms with Crippen molar-refractivity contribution in [3.63, 3.8) is 0 Å². The Morgan fingerprint density at radius 3 is 2.25 bits per heavy atom. The summed E-state index contributed by atoms with van der Waals surface area (Å²) < 4.78 is 21.9. The van der Waals surface area contributed by atoms with Crippen molar-refractivity contribution in [1.29, 1.82) is 0 Å². The fourth-order valence-electron chi connectivity index (χ4n) is 2.82. The first kappa shape index (κ1) is 21.6. The monoisotopic (exact) mass is 385 g/mol. The van der Waals surface area contributed by atoms with Crippen molar-refractivity contribution in [3.05, 3.63) is 47.5 Å². The van der Waals surface area contributed by atoms with Crippen LogP contribution in [0.3, 0.4) is 0 Å². The molecule has 1 unspecified atom stereocenters. The van der Waals surface area contributed by atoms with Crippen molar-refractivity contribution >= 4 is 6.21 Å². The highest BCUT2D eigenvalue weighted by atomic mass is 16.5. The minimum Gasteiger partial charge on any atom is -0.493 e. The Balaban J connectivity index is 2.02. The van der Waals surface area contributed by atoms with Gasteiger partial charge in [-0.25, -0.2) is 0 Å². The Morgan fingerprint density at radius 2 is 1.57 bits per heavy atom. The molecule has 0 fully saturated rings. The Bertz CT molecular complexity index is 773. The molecular weight excluding hydrogens is 354 g/mol. The highest BCUT2D eigenvalue weighted by Gasteiger charge is 2.08. The summed E-state index contributed by atoms with van der Waals surface area (Å²) in [5.41, 5.74) is 2.14. The summed E-state index contributed by atoms with van der Waals surface area (Å²) in [6.45, 7) is 4.93. The van der Waals surface area contributed by atoms with E-state index in [-0.39, 0.29) is 6.04 Å². The molecule has 152 valence electrons. The zero-order valence-electron chi connectivity index (χ0n) is 17.5. The molecule has 0 aromatic heterocycles. The Hall–Kier alpha value is -2.69. The SMILES string of the molecule is CCCCOc1ccc(C=NC(C)Cc2ccc(OC)c(OC)c2)cc1OC. The molecule has 2 rings (SSSR count). The first-order valence-corrected chi connectivity index (χ1v) is 9.66. The van der Waals surface area contributed by atoms with Gasteiger partial charge in [-0.1, -0.05) is 19.4 Å². The average Bonchev–Trinajstić information content (AvgIpc) is 2.72. The van der Waals surface area contributed by atoms with Crippen molar-refractivity contribution in [2.45, 2.75) is 39.2 Å². The van der Waals surface area contributed by atoms with Crippen molar-refractivity contribution in [2.75, 3.05) is 27.9 Å². The van der Waals surface area contributed by atoms with E-state index in [4.69, 9.17) is 18.9 Å². The first-order valence-electron chi connectivity index (χ1n) is 9.66. The van der Waals surface area contributed by atoms with Gasteiger partial charge in [0.25, 0.3) is 0 Å². The molecule has 0 saturated heterocycles. The summed E-state index contributed by atoms with van der Waals surface area (Å²) in [7, 11) is 4.94. The molecule has 0 amide bonds. The summed E-state index contributed by atoms with van der Waals surface area (Å²) in [6, 6.07) is 12.0. The van der Waals surface area contributed by atoms with E-state index in [1.807, 2.05) is 42.6 Å². The van der Waals surface area contributed by atoms with E-state index in [1.165, 1.54) is 0 Å². The van der Waals surface area contributed by atoms with Crippen LogP contribution in [0.25, 0.3) is 0 Å². The van der Waals surface area contributed by atoms with Crippen LogP contribution in [0.5, 0.6) is 23.0 Å². The summed E-state index contributed by atoms with van der Waals surface area (Å²) >= 11 is 0. The van der Waals surface area contributed by atoms with Crippen LogP contribution in [0.15, 0.2) is 41.4 Å². The van der Waals surface area contributed by atoms with Gasteiger partial charge in [0.15, 0.2) is 23.0 Å². The normalized spacial score (nSPS) is 12.0. The van der Waals surface area contributed by atoms with E-state index in [9.17, 15) is 0 Å². The summed E-state index contributed by atoms with van der Waals surface area (Å²) in [5, 5.41) is 0. The van der Waals surface area contributed by atoms with Crippen LogP contribution in [0.2, 0.25) is 0 Å². The van der Waals surface area contributed by atoms with Crippen molar-refractivity contribution in [2.24, 2.45) is 4.99 Å². The quantitative estimate of drug-likeness (QED) is 0.406. The van der Waals surface area contributed by atoms with Crippen LogP contribution < -0.4 is 18.9 Å². The number of aliphatic imine (C=N–C) groups is 1. The number of hydrogen-bond donors (Lipinski definition) is 0. The molecule has 5 heteroatoms. The number of rotatable bonds is 11. The molecule has 0 spiro atoms. The molecule has 0 saturated carbocycles. The molecular formula is C23H31NO4. The molecule has 2 aromatic rings. The predicted octanol–water partition coefficient (Wildman–Crippen LogP) is 4.94. The minimum atomic E-state index is 0.129. The van der Waals surface area contributed by atoms with Crippen LogP contribution >= 0.6 is 0 Å². The molecule has 0 bridgehead atoms. The Morgan fingerprint density at radius 1 is 0.893 bits per heavy atom. The minimum absolute atomic E-state index is 0.129. The molecule has 0 aliphatic rings. The van der Waals surface area contributed by atoms with E-state index in [0.717, 1.165) is 53.4 Å². The third-order valence-electron chi connectivity index (χ3n) is 4.40. The second-order valence-corrected chi connectivity index (χ2v) is 6.63. The van der Waals surface area contributed by atoms with Gasteiger partial charge in [-0.05, 0) is 61.2 Å². The van der Waals surface area contributed by atoms with Gasteiger partial charge in [0.1, 0.15) is 0 Å². The fourth-order valence-corrected chi connectivity index (χ4v) is 2.82. The molecule has 5 nitrogen and oxygen atoms in total. The lowest BCUT2D eigenvalue weighted by Gasteiger charge is -2.12. The van der Waals surface area contributed by atoms with E-state index in [0.29, 0.717) is 6.61 Å². The van der Waals surface area contributed by atoms with Gasteiger partial charge in [0.05, 0.1) is 34.0 Å². The van der Waals surface area contributed by atoms with E-state index >= 15 is 0 Å². The van der Waals surface area contributed by atoms with Crippen LogP contribution in [-0.2, 0) is 6.42 Å². The number of nitrogens with zero attached hydrogens (tertiary/aromatic N) is 1. The fraction of sp³-hybridized carbons (Fsp3) is 0.435. The molecule has 0 aliphatic carbocycles. The number of ether oxygens (including phenoxy) is 4. The summed E-state index contributed by atoms with van der Waals surface area (Å²) in [4.78, 5) is 4.67. The standard InChI is InChI=1S/C23H31NO4/c1-6-7-12-28-21-11-9-19(15-23(21)27-5)16-24-17(2)13-18-8-10-20(25-3)22(14-18)26-4/h8-11,14-17H,6-7,12-13H2,1-5H3. The van der Waals surface area contributed by atoms with Gasteiger partial charge < -0.3 is 18.9 Å². The number of methoxy groups -OCH3 is 3. The largest absolute Gasteiger partial charge is 0.493 e. The molecule has 1 atom stereocenters. The zero-order chi connectivity index (χ0) is 20.4. The molecule has 0 aliphatic heterocycles. The van der Waals surface area contributed by atoms with Gasteiger partial charge in [-0.2, -0.15) is 0 Å². The maximum absolute atomic E-state index is 5.78. The van der Waals surface area contributed by atoms with Gasteiger partial charge in [0.2, 0.25) is 0 Å². The smallest absolute Gasteiger partial charge is 0.161 e. The average molecular weight is 386 g/mol. The lowest BCUT2D eigenvalue weighted by Crippen LogP contribution is -2.04. The molecule has 2 aromatic carbocycles. The topological polar surface area (TPSA) is 49.3 Å². The van der Waals surface area contributed by atoms with Gasteiger partial charge in [-0.15, -0.1) is 0 Å². The van der Waals surface area contributed by atoms with Gasteiger partial charge >= 0.3 is 0 Å². The zero-order valence-corrected chi connectivity index (χ0v) is 17.5.